The Kier molecular flexibility index (Phi) is 4.30. The third-order valence-corrected chi connectivity index (χ3v) is 3.44. The molecule has 3 aromatic carbocycles. The van der Waals surface area contributed by atoms with Crippen LogP contribution in [0, 0.1) is 0 Å². The molecular formula is C20H17NO. The summed E-state index contributed by atoms with van der Waals surface area (Å²) < 4.78 is 5.12. The lowest BCUT2D eigenvalue weighted by Gasteiger charge is -1.99. The van der Waals surface area contributed by atoms with Crippen LogP contribution in [0.4, 0.5) is 5.69 Å². The first-order chi connectivity index (χ1) is 10.8. The lowest BCUT2D eigenvalue weighted by atomic mass is 10.1. The number of ether oxygens (including phenoxy) is 1. The van der Waals surface area contributed by atoms with Crippen molar-refractivity contribution in [3.05, 3.63) is 78.4 Å². The number of rotatable bonds is 4. The fourth-order valence-electron chi connectivity index (χ4n) is 2.26. The Labute approximate surface area is 130 Å². The Morgan fingerprint density at radius 3 is 2.41 bits per heavy atom. The van der Waals surface area contributed by atoms with Crippen LogP contribution in [-0.4, -0.2) is 13.3 Å². The molecule has 0 radical (unpaired) electrons. The average Bonchev–Trinajstić information content (AvgIpc) is 2.59. The van der Waals surface area contributed by atoms with Crippen molar-refractivity contribution in [2.45, 2.75) is 0 Å². The van der Waals surface area contributed by atoms with Gasteiger partial charge in [0.15, 0.2) is 0 Å². The largest absolute Gasteiger partial charge is 0.497 e. The van der Waals surface area contributed by atoms with Gasteiger partial charge in [0.2, 0.25) is 0 Å². The highest BCUT2D eigenvalue weighted by Crippen LogP contribution is 2.18. The molecule has 0 spiro atoms. The number of aliphatic imine (C=N–C) groups is 1. The fraction of sp³-hybridized carbons (Fsp3) is 0.0500. The van der Waals surface area contributed by atoms with E-state index in [1.807, 2.05) is 30.3 Å². The highest BCUT2D eigenvalue weighted by molar-refractivity contribution is 5.86. The molecule has 3 rings (SSSR count). The van der Waals surface area contributed by atoms with Crippen LogP contribution in [0.5, 0.6) is 5.75 Å². The van der Waals surface area contributed by atoms with Gasteiger partial charge in [0.05, 0.1) is 12.8 Å². The van der Waals surface area contributed by atoms with Gasteiger partial charge in [0.25, 0.3) is 0 Å². The zero-order valence-electron chi connectivity index (χ0n) is 12.4. The first kappa shape index (κ1) is 14.1. The van der Waals surface area contributed by atoms with E-state index in [0.717, 1.165) is 11.4 Å². The van der Waals surface area contributed by atoms with Crippen molar-refractivity contribution in [1.82, 2.24) is 0 Å². The first-order valence-electron chi connectivity index (χ1n) is 7.19. The molecule has 0 bridgehead atoms. The Hall–Kier alpha value is -2.87. The molecule has 0 heterocycles. The van der Waals surface area contributed by atoms with Crippen LogP contribution >= 0.6 is 0 Å². The van der Waals surface area contributed by atoms with Crippen molar-refractivity contribution in [3.8, 4) is 5.75 Å². The molecule has 22 heavy (non-hydrogen) atoms. The number of fused-ring (bicyclic) bond motifs is 1. The van der Waals surface area contributed by atoms with Crippen molar-refractivity contribution >= 4 is 28.8 Å². The van der Waals surface area contributed by atoms with E-state index in [2.05, 4.69) is 53.5 Å². The molecule has 0 amide bonds. The van der Waals surface area contributed by atoms with E-state index in [-0.39, 0.29) is 0 Å². The lowest BCUT2D eigenvalue weighted by molar-refractivity contribution is 0.415. The smallest absolute Gasteiger partial charge is 0.119 e. The molecule has 0 aliphatic carbocycles. The molecule has 0 saturated carbocycles. The van der Waals surface area contributed by atoms with Gasteiger partial charge in [-0.1, -0.05) is 42.5 Å². The number of methoxy groups -OCH3 is 1. The molecule has 0 aromatic heterocycles. The van der Waals surface area contributed by atoms with Crippen molar-refractivity contribution in [1.29, 1.82) is 0 Å². The van der Waals surface area contributed by atoms with Crippen LogP contribution in [0.25, 0.3) is 16.8 Å². The summed E-state index contributed by atoms with van der Waals surface area (Å²) in [6, 6.07) is 22.4. The topological polar surface area (TPSA) is 21.6 Å². The minimum atomic E-state index is 0.839. The predicted molar refractivity (Wildman–Crippen MR) is 94.1 cm³/mol. The molecule has 0 atom stereocenters. The van der Waals surface area contributed by atoms with Crippen LogP contribution in [0.1, 0.15) is 5.56 Å². The molecule has 0 fully saturated rings. The van der Waals surface area contributed by atoms with Crippen LogP contribution in [0.15, 0.2) is 77.8 Å². The molecule has 2 nitrogen and oxygen atoms in total. The maximum Gasteiger partial charge on any atom is 0.119 e. The number of benzene rings is 3. The summed E-state index contributed by atoms with van der Waals surface area (Å²) in [6.07, 6.45) is 5.81. The molecule has 0 unspecified atom stereocenters. The van der Waals surface area contributed by atoms with Gasteiger partial charge in [0.1, 0.15) is 5.75 Å². The van der Waals surface area contributed by atoms with Gasteiger partial charge in [-0.25, -0.2) is 0 Å². The van der Waals surface area contributed by atoms with Crippen LogP contribution in [0.2, 0.25) is 0 Å². The second kappa shape index (κ2) is 6.72. The van der Waals surface area contributed by atoms with Gasteiger partial charge in [-0.15, -0.1) is 0 Å². The Bertz CT molecular complexity index is 816. The summed E-state index contributed by atoms with van der Waals surface area (Å²) in [5.41, 5.74) is 2.07. The van der Waals surface area contributed by atoms with E-state index in [1.54, 1.807) is 13.3 Å². The first-order valence-corrected chi connectivity index (χ1v) is 7.19. The second-order valence-corrected chi connectivity index (χ2v) is 4.94. The zero-order valence-corrected chi connectivity index (χ0v) is 12.4. The molecule has 0 aliphatic heterocycles. The van der Waals surface area contributed by atoms with E-state index in [0.29, 0.717) is 0 Å². The fourth-order valence-corrected chi connectivity index (χ4v) is 2.26. The number of hydrogen-bond acceptors (Lipinski definition) is 2. The van der Waals surface area contributed by atoms with Crippen molar-refractivity contribution in [2.24, 2.45) is 4.99 Å². The summed E-state index contributed by atoms with van der Waals surface area (Å²) in [6.45, 7) is 0. The third kappa shape index (κ3) is 3.41. The molecular weight excluding hydrogens is 270 g/mol. The van der Waals surface area contributed by atoms with Crippen LogP contribution < -0.4 is 4.74 Å². The van der Waals surface area contributed by atoms with Gasteiger partial charge >= 0.3 is 0 Å². The van der Waals surface area contributed by atoms with Gasteiger partial charge < -0.3 is 4.74 Å². The summed E-state index contributed by atoms with van der Waals surface area (Å²) in [5.74, 6) is 0.839. The van der Waals surface area contributed by atoms with Crippen molar-refractivity contribution < 1.29 is 4.74 Å². The second-order valence-electron chi connectivity index (χ2n) is 4.94. The number of hydrogen-bond donors (Lipinski definition) is 0. The minimum absolute atomic E-state index is 0.839. The van der Waals surface area contributed by atoms with Crippen molar-refractivity contribution in [3.63, 3.8) is 0 Å². The van der Waals surface area contributed by atoms with E-state index in [9.17, 15) is 0 Å². The summed E-state index contributed by atoms with van der Waals surface area (Å²) in [5, 5.41) is 2.50. The van der Waals surface area contributed by atoms with Gasteiger partial charge in [-0.2, -0.15) is 0 Å². The van der Waals surface area contributed by atoms with Crippen molar-refractivity contribution in [2.75, 3.05) is 7.11 Å². The molecule has 0 aliphatic rings. The quantitative estimate of drug-likeness (QED) is 0.599. The zero-order chi connectivity index (χ0) is 15.2. The van der Waals surface area contributed by atoms with E-state index < -0.39 is 0 Å². The van der Waals surface area contributed by atoms with Gasteiger partial charge in [-0.05, 0) is 52.7 Å². The summed E-state index contributed by atoms with van der Waals surface area (Å²) in [4.78, 5) is 4.39. The summed E-state index contributed by atoms with van der Waals surface area (Å²) in [7, 11) is 1.66. The maximum atomic E-state index is 5.12. The average molecular weight is 287 g/mol. The molecule has 2 heteroatoms. The Morgan fingerprint density at radius 1 is 0.864 bits per heavy atom. The molecule has 0 saturated heterocycles. The molecule has 0 N–H and O–H groups in total. The number of allylic oxidation sites excluding steroid dienone is 1. The molecule has 3 aromatic rings. The van der Waals surface area contributed by atoms with Crippen LogP contribution in [-0.2, 0) is 0 Å². The van der Waals surface area contributed by atoms with Gasteiger partial charge in [0, 0.05) is 6.21 Å². The predicted octanol–water partition coefficient (Wildman–Crippen LogP) is 5.26. The standard InChI is InChI=1S/C20H17NO/c1-22-20-12-10-19(11-13-20)21-14-4-5-16-8-9-17-6-2-3-7-18(17)15-16/h2-15H,1H3/b5-4+,21-14?. The Morgan fingerprint density at radius 2 is 1.64 bits per heavy atom. The maximum absolute atomic E-state index is 5.12. The van der Waals surface area contributed by atoms with E-state index in [4.69, 9.17) is 4.74 Å². The van der Waals surface area contributed by atoms with Crippen LogP contribution in [0.3, 0.4) is 0 Å². The Balaban J connectivity index is 1.70. The SMILES string of the molecule is COc1ccc(N=C/C=C/c2ccc3ccccc3c2)cc1. The minimum Gasteiger partial charge on any atom is -0.497 e. The monoisotopic (exact) mass is 287 g/mol. The van der Waals surface area contributed by atoms with Gasteiger partial charge in [-0.3, -0.25) is 4.99 Å². The highest BCUT2D eigenvalue weighted by Gasteiger charge is 1.92. The third-order valence-electron chi connectivity index (χ3n) is 3.44. The van der Waals surface area contributed by atoms with E-state index >= 15 is 0 Å². The number of nitrogens with zero attached hydrogens (tertiary/aromatic N) is 1. The summed E-state index contributed by atoms with van der Waals surface area (Å²) >= 11 is 0. The normalized spacial score (nSPS) is 11.5. The lowest BCUT2D eigenvalue weighted by Crippen LogP contribution is -1.79. The van der Waals surface area contributed by atoms with E-state index in [1.165, 1.54) is 16.3 Å². The highest BCUT2D eigenvalue weighted by atomic mass is 16.5. The molecule has 108 valence electrons.